The Labute approximate surface area is 163 Å². The Morgan fingerprint density at radius 3 is 2.59 bits per heavy atom. The van der Waals surface area contributed by atoms with Crippen molar-refractivity contribution in [3.8, 4) is 5.75 Å². The minimum Gasteiger partial charge on any atom is -0.497 e. The van der Waals surface area contributed by atoms with Crippen LogP contribution in [0.3, 0.4) is 0 Å². The van der Waals surface area contributed by atoms with Gasteiger partial charge in [-0.05, 0) is 36.1 Å². The summed E-state index contributed by atoms with van der Waals surface area (Å²) in [6, 6.07) is 11.2. The van der Waals surface area contributed by atoms with Crippen molar-refractivity contribution < 1.29 is 14.3 Å². The number of carbonyl (C=O) groups is 2. The molecule has 1 aromatic heterocycles. The zero-order chi connectivity index (χ0) is 19.4. The van der Waals surface area contributed by atoms with Crippen molar-refractivity contribution in [3.05, 3.63) is 53.7 Å². The van der Waals surface area contributed by atoms with Gasteiger partial charge in [0.15, 0.2) is 0 Å². The monoisotopic (exact) mass is 385 g/mol. The highest BCUT2D eigenvalue weighted by molar-refractivity contribution is 7.98. The molecule has 0 spiro atoms. The van der Waals surface area contributed by atoms with Gasteiger partial charge in [-0.25, -0.2) is 4.98 Å². The number of rotatable bonds is 5. The first kappa shape index (κ1) is 19.2. The first-order valence-corrected chi connectivity index (χ1v) is 9.95. The predicted octanol–water partition coefficient (Wildman–Crippen LogP) is 2.56. The van der Waals surface area contributed by atoms with Crippen LogP contribution in [0, 0.1) is 0 Å². The van der Waals surface area contributed by atoms with E-state index in [9.17, 15) is 9.59 Å². The second-order valence-electron chi connectivity index (χ2n) is 6.46. The van der Waals surface area contributed by atoms with Crippen LogP contribution in [0.2, 0.25) is 0 Å². The number of carbonyl (C=O) groups excluding carboxylic acids is 2. The molecular formula is C20H23N3O3S. The van der Waals surface area contributed by atoms with Crippen molar-refractivity contribution >= 4 is 23.6 Å². The molecule has 27 heavy (non-hydrogen) atoms. The molecule has 2 heterocycles. The van der Waals surface area contributed by atoms with Crippen LogP contribution in [0.15, 0.2) is 47.6 Å². The standard InChI is InChI=1S/C20H23N3O3S/c1-13(24)22-18-12-23(20(25)16-5-4-10-21-19(16)27-3)11-17(18)14-6-8-15(26-2)9-7-14/h4-10,17-18H,11-12H2,1-3H3,(H,22,24). The third kappa shape index (κ3) is 4.24. The van der Waals surface area contributed by atoms with Gasteiger partial charge >= 0.3 is 0 Å². The maximum Gasteiger partial charge on any atom is 0.256 e. The van der Waals surface area contributed by atoms with E-state index in [0.717, 1.165) is 11.3 Å². The van der Waals surface area contributed by atoms with Gasteiger partial charge in [-0.2, -0.15) is 0 Å². The van der Waals surface area contributed by atoms with Crippen molar-refractivity contribution in [1.82, 2.24) is 15.2 Å². The maximum absolute atomic E-state index is 13.1. The van der Waals surface area contributed by atoms with Gasteiger partial charge in [-0.15, -0.1) is 11.8 Å². The Balaban J connectivity index is 1.86. The molecule has 0 bridgehead atoms. The number of benzene rings is 1. The molecule has 0 saturated carbocycles. The fourth-order valence-electron chi connectivity index (χ4n) is 3.45. The van der Waals surface area contributed by atoms with Crippen LogP contribution >= 0.6 is 11.8 Å². The number of hydrogen-bond donors (Lipinski definition) is 1. The molecule has 0 radical (unpaired) electrons. The lowest BCUT2D eigenvalue weighted by Crippen LogP contribution is -2.39. The molecule has 1 saturated heterocycles. The smallest absolute Gasteiger partial charge is 0.256 e. The van der Waals surface area contributed by atoms with Gasteiger partial charge in [0.25, 0.3) is 5.91 Å². The molecule has 6 nitrogen and oxygen atoms in total. The number of ether oxygens (including phenoxy) is 1. The highest BCUT2D eigenvalue weighted by atomic mass is 32.2. The lowest BCUT2D eigenvalue weighted by atomic mass is 9.94. The van der Waals surface area contributed by atoms with E-state index in [2.05, 4.69) is 10.3 Å². The summed E-state index contributed by atoms with van der Waals surface area (Å²) in [6.07, 6.45) is 3.59. The summed E-state index contributed by atoms with van der Waals surface area (Å²) in [4.78, 5) is 30.8. The summed E-state index contributed by atoms with van der Waals surface area (Å²) in [6.45, 7) is 2.51. The summed E-state index contributed by atoms with van der Waals surface area (Å²) < 4.78 is 5.22. The number of methoxy groups -OCH3 is 1. The number of hydrogen-bond acceptors (Lipinski definition) is 5. The lowest BCUT2D eigenvalue weighted by Gasteiger charge is -2.19. The van der Waals surface area contributed by atoms with Gasteiger partial charge in [0.05, 0.1) is 18.7 Å². The quantitative estimate of drug-likeness (QED) is 0.801. The lowest BCUT2D eigenvalue weighted by molar-refractivity contribution is -0.119. The number of pyridine rings is 1. The molecule has 1 aliphatic rings. The molecule has 2 atom stereocenters. The summed E-state index contributed by atoms with van der Waals surface area (Å²) in [5, 5.41) is 3.71. The van der Waals surface area contributed by atoms with E-state index in [4.69, 9.17) is 4.74 Å². The third-order valence-electron chi connectivity index (χ3n) is 4.73. The van der Waals surface area contributed by atoms with E-state index in [0.29, 0.717) is 23.7 Å². The highest BCUT2D eigenvalue weighted by Crippen LogP contribution is 2.31. The molecule has 1 N–H and O–H groups in total. The molecule has 1 fully saturated rings. The maximum atomic E-state index is 13.1. The molecule has 1 aromatic carbocycles. The first-order valence-electron chi connectivity index (χ1n) is 8.72. The minimum atomic E-state index is -0.130. The second kappa shape index (κ2) is 8.43. The van der Waals surface area contributed by atoms with Crippen LogP contribution in [-0.2, 0) is 4.79 Å². The van der Waals surface area contributed by atoms with E-state index >= 15 is 0 Å². The normalized spacial score (nSPS) is 19.0. The van der Waals surface area contributed by atoms with Crippen molar-refractivity contribution in [2.45, 2.75) is 23.9 Å². The number of thioether (sulfide) groups is 1. The van der Waals surface area contributed by atoms with Crippen molar-refractivity contribution in [1.29, 1.82) is 0 Å². The van der Waals surface area contributed by atoms with E-state index in [1.54, 1.807) is 30.3 Å². The van der Waals surface area contributed by atoms with E-state index in [1.165, 1.54) is 18.7 Å². The molecular weight excluding hydrogens is 362 g/mol. The van der Waals surface area contributed by atoms with Crippen LogP contribution in [0.5, 0.6) is 5.75 Å². The van der Waals surface area contributed by atoms with Crippen LogP contribution in [0.4, 0.5) is 0 Å². The Morgan fingerprint density at radius 1 is 1.22 bits per heavy atom. The van der Waals surface area contributed by atoms with Crippen molar-refractivity contribution in [2.24, 2.45) is 0 Å². The Kier molecular flexibility index (Phi) is 6.01. The Bertz CT molecular complexity index is 825. The summed E-state index contributed by atoms with van der Waals surface area (Å²) >= 11 is 1.45. The first-order chi connectivity index (χ1) is 13.0. The molecule has 0 aliphatic carbocycles. The van der Waals surface area contributed by atoms with Gasteiger partial charge in [0.2, 0.25) is 5.91 Å². The predicted molar refractivity (Wildman–Crippen MR) is 105 cm³/mol. The molecule has 142 valence electrons. The van der Waals surface area contributed by atoms with Crippen LogP contribution in [0.25, 0.3) is 0 Å². The molecule has 7 heteroatoms. The number of likely N-dealkylation sites (tertiary alicyclic amines) is 1. The van der Waals surface area contributed by atoms with Crippen LogP contribution < -0.4 is 10.1 Å². The average Bonchev–Trinajstić information content (AvgIpc) is 3.10. The van der Waals surface area contributed by atoms with Crippen LogP contribution in [0.1, 0.15) is 28.8 Å². The largest absolute Gasteiger partial charge is 0.497 e. The number of nitrogens with zero attached hydrogens (tertiary/aromatic N) is 2. The summed E-state index contributed by atoms with van der Waals surface area (Å²) in [5.41, 5.74) is 1.67. The Hall–Kier alpha value is -2.54. The molecule has 2 unspecified atom stereocenters. The van der Waals surface area contributed by atoms with Gasteiger partial charge in [0.1, 0.15) is 10.8 Å². The zero-order valence-electron chi connectivity index (χ0n) is 15.6. The van der Waals surface area contributed by atoms with E-state index in [-0.39, 0.29) is 23.8 Å². The van der Waals surface area contributed by atoms with Crippen LogP contribution in [-0.4, -0.2) is 54.2 Å². The number of nitrogens with one attached hydrogen (secondary N) is 1. The third-order valence-corrected chi connectivity index (χ3v) is 5.45. The molecule has 1 aliphatic heterocycles. The topological polar surface area (TPSA) is 71.5 Å². The SMILES string of the molecule is COc1ccc(C2CN(C(=O)c3cccnc3SC)CC2NC(C)=O)cc1. The highest BCUT2D eigenvalue weighted by Gasteiger charge is 2.37. The fourth-order valence-corrected chi connectivity index (χ4v) is 3.99. The summed E-state index contributed by atoms with van der Waals surface area (Å²) in [5.74, 6) is 0.650. The van der Waals surface area contributed by atoms with Gasteiger partial charge in [0, 0.05) is 32.1 Å². The minimum absolute atomic E-state index is 0.0261. The van der Waals surface area contributed by atoms with Gasteiger partial charge in [-0.1, -0.05) is 12.1 Å². The Morgan fingerprint density at radius 2 is 1.96 bits per heavy atom. The molecule has 3 rings (SSSR count). The van der Waals surface area contributed by atoms with Crippen molar-refractivity contribution in [3.63, 3.8) is 0 Å². The molecule has 2 aromatic rings. The van der Waals surface area contributed by atoms with Gasteiger partial charge in [-0.3, -0.25) is 9.59 Å². The zero-order valence-corrected chi connectivity index (χ0v) is 16.5. The summed E-state index contributed by atoms with van der Waals surface area (Å²) in [7, 11) is 1.63. The fraction of sp³-hybridized carbons (Fsp3) is 0.350. The average molecular weight is 385 g/mol. The number of amides is 2. The van der Waals surface area contributed by atoms with Crippen molar-refractivity contribution in [2.75, 3.05) is 26.5 Å². The number of aromatic nitrogens is 1. The van der Waals surface area contributed by atoms with E-state index < -0.39 is 0 Å². The molecule has 2 amide bonds. The second-order valence-corrected chi connectivity index (χ2v) is 7.25. The van der Waals surface area contributed by atoms with Gasteiger partial charge < -0.3 is 15.0 Å². The van der Waals surface area contributed by atoms with E-state index in [1.807, 2.05) is 30.5 Å².